The van der Waals surface area contributed by atoms with Crippen LogP contribution in [0.4, 0.5) is 10.5 Å². The van der Waals surface area contributed by atoms with Crippen molar-refractivity contribution in [2.45, 2.75) is 39.0 Å². The topological polar surface area (TPSA) is 90.0 Å². The van der Waals surface area contributed by atoms with E-state index in [0.29, 0.717) is 12.0 Å². The van der Waals surface area contributed by atoms with E-state index in [-0.39, 0.29) is 30.2 Å². The van der Waals surface area contributed by atoms with E-state index in [9.17, 15) is 19.2 Å². The number of ether oxygens (including phenoxy) is 2. The molecule has 0 spiro atoms. The van der Waals surface area contributed by atoms with E-state index in [2.05, 4.69) is 0 Å². The fourth-order valence-corrected chi connectivity index (χ4v) is 3.99. The molecule has 2 aromatic rings. The highest BCUT2D eigenvalue weighted by molar-refractivity contribution is 6.30. The van der Waals surface area contributed by atoms with Crippen molar-refractivity contribution in [3.8, 4) is 0 Å². The maximum absolute atomic E-state index is 13.7. The number of nitrogens with zero attached hydrogens (tertiary/aromatic N) is 1. The number of benzene rings is 2. The van der Waals surface area contributed by atoms with Crippen LogP contribution in [0.25, 0.3) is 6.08 Å². The number of fused-ring (bicyclic) bond motifs is 1. The zero-order chi connectivity index (χ0) is 24.0. The summed E-state index contributed by atoms with van der Waals surface area (Å²) in [7, 11) is 0. The molecule has 0 aliphatic carbocycles. The molecule has 2 amide bonds. The van der Waals surface area contributed by atoms with Gasteiger partial charge in [-0.15, -0.1) is 0 Å². The number of amides is 2. The van der Waals surface area contributed by atoms with Crippen molar-refractivity contribution in [3.05, 3.63) is 71.3 Å². The van der Waals surface area contributed by atoms with E-state index >= 15 is 0 Å². The number of carbonyl (C=O) groups excluding carboxylic acids is 4. The number of para-hydroxylation sites is 1. The molecule has 1 aliphatic heterocycles. The summed E-state index contributed by atoms with van der Waals surface area (Å²) in [5.74, 6) is -2.08. The molecule has 33 heavy (non-hydrogen) atoms. The van der Waals surface area contributed by atoms with Gasteiger partial charge in [0.15, 0.2) is 11.2 Å². The molecule has 0 saturated heterocycles. The molecule has 0 fully saturated rings. The summed E-state index contributed by atoms with van der Waals surface area (Å²) in [5.41, 5.74) is -0.206. The highest BCUT2D eigenvalue weighted by atomic mass is 16.6. The van der Waals surface area contributed by atoms with Crippen LogP contribution in [0, 0.1) is 0 Å². The van der Waals surface area contributed by atoms with Gasteiger partial charge in [-0.25, -0.2) is 9.69 Å². The minimum Gasteiger partial charge on any atom is -0.465 e. The number of imide groups is 1. The van der Waals surface area contributed by atoms with E-state index in [1.807, 2.05) is 37.3 Å². The Morgan fingerprint density at radius 2 is 1.55 bits per heavy atom. The van der Waals surface area contributed by atoms with Crippen molar-refractivity contribution < 1.29 is 28.7 Å². The molecule has 0 aromatic heterocycles. The van der Waals surface area contributed by atoms with Crippen molar-refractivity contribution in [2.24, 2.45) is 0 Å². The fourth-order valence-electron chi connectivity index (χ4n) is 3.99. The average molecular weight is 450 g/mol. The van der Waals surface area contributed by atoms with E-state index < -0.39 is 29.8 Å². The molecule has 0 N–H and O–H groups in total. The Bertz CT molecular complexity index is 1090. The van der Waals surface area contributed by atoms with Crippen LogP contribution in [0.15, 0.2) is 60.2 Å². The van der Waals surface area contributed by atoms with Crippen molar-refractivity contribution in [1.82, 2.24) is 0 Å². The SMILES string of the molecule is CCOC(=O)N1C(=O)C(CC(=O)/C(=C/c2ccccc2)CC)(C(=O)OCC)c2ccccc21. The predicted octanol–water partition coefficient (Wildman–Crippen LogP) is 4.44. The van der Waals surface area contributed by atoms with Crippen molar-refractivity contribution >= 4 is 35.5 Å². The lowest BCUT2D eigenvalue weighted by atomic mass is 9.76. The van der Waals surface area contributed by atoms with Crippen molar-refractivity contribution in [2.75, 3.05) is 18.1 Å². The van der Waals surface area contributed by atoms with Gasteiger partial charge in [0.25, 0.3) is 5.91 Å². The second kappa shape index (κ2) is 10.3. The summed E-state index contributed by atoms with van der Waals surface area (Å²) in [4.78, 5) is 53.9. The van der Waals surface area contributed by atoms with E-state index in [1.165, 1.54) is 0 Å². The van der Waals surface area contributed by atoms with Crippen LogP contribution in [-0.4, -0.2) is 37.0 Å². The summed E-state index contributed by atoms with van der Waals surface area (Å²) >= 11 is 0. The predicted molar refractivity (Wildman–Crippen MR) is 124 cm³/mol. The van der Waals surface area contributed by atoms with Gasteiger partial charge in [0, 0.05) is 12.0 Å². The van der Waals surface area contributed by atoms with Gasteiger partial charge in [0.05, 0.1) is 18.9 Å². The Balaban J connectivity index is 2.11. The number of ketones is 1. The number of hydrogen-bond donors (Lipinski definition) is 0. The maximum atomic E-state index is 13.7. The Hall–Kier alpha value is -3.74. The molecule has 0 bridgehead atoms. The second-order valence-corrected chi connectivity index (χ2v) is 7.52. The zero-order valence-corrected chi connectivity index (χ0v) is 19.0. The van der Waals surface area contributed by atoms with Gasteiger partial charge in [0.1, 0.15) is 0 Å². The Morgan fingerprint density at radius 1 is 0.909 bits per heavy atom. The number of rotatable bonds is 8. The third-order valence-corrected chi connectivity index (χ3v) is 5.55. The lowest BCUT2D eigenvalue weighted by molar-refractivity contribution is -0.155. The summed E-state index contributed by atoms with van der Waals surface area (Å²) in [6, 6.07) is 15.7. The highest BCUT2D eigenvalue weighted by Gasteiger charge is 2.60. The maximum Gasteiger partial charge on any atom is 0.421 e. The molecule has 172 valence electrons. The van der Waals surface area contributed by atoms with Crippen LogP contribution in [0.2, 0.25) is 0 Å². The second-order valence-electron chi connectivity index (χ2n) is 7.52. The van der Waals surface area contributed by atoms with Crippen molar-refractivity contribution in [3.63, 3.8) is 0 Å². The molecule has 7 nitrogen and oxygen atoms in total. The monoisotopic (exact) mass is 449 g/mol. The lowest BCUT2D eigenvalue weighted by Gasteiger charge is -2.26. The molecular weight excluding hydrogens is 422 g/mol. The minimum atomic E-state index is -1.97. The smallest absolute Gasteiger partial charge is 0.421 e. The first kappa shape index (κ1) is 23.9. The minimum absolute atomic E-state index is 0.0180. The Kier molecular flexibility index (Phi) is 7.43. The van der Waals surface area contributed by atoms with Gasteiger partial charge in [-0.2, -0.15) is 0 Å². The van der Waals surface area contributed by atoms with Crippen molar-refractivity contribution in [1.29, 1.82) is 0 Å². The largest absolute Gasteiger partial charge is 0.465 e. The van der Waals surface area contributed by atoms with Crippen LogP contribution < -0.4 is 4.90 Å². The first-order valence-corrected chi connectivity index (χ1v) is 11.0. The Morgan fingerprint density at radius 3 is 2.18 bits per heavy atom. The molecule has 7 heteroatoms. The van der Waals surface area contributed by atoms with Gasteiger partial charge in [0.2, 0.25) is 0 Å². The van der Waals surface area contributed by atoms with Crippen LogP contribution in [0.3, 0.4) is 0 Å². The molecule has 1 atom stereocenters. The number of hydrogen-bond acceptors (Lipinski definition) is 6. The normalized spacial score (nSPS) is 17.5. The average Bonchev–Trinajstić information content (AvgIpc) is 3.07. The van der Waals surface area contributed by atoms with Crippen LogP contribution >= 0.6 is 0 Å². The summed E-state index contributed by atoms with van der Waals surface area (Å²) < 4.78 is 10.3. The molecule has 3 rings (SSSR count). The molecule has 0 radical (unpaired) electrons. The molecule has 1 aliphatic rings. The number of allylic oxidation sites excluding steroid dienone is 1. The Labute approximate surface area is 193 Å². The summed E-state index contributed by atoms with van der Waals surface area (Å²) in [6.45, 7) is 5.14. The van der Waals surface area contributed by atoms with Crippen LogP contribution in [0.5, 0.6) is 0 Å². The lowest BCUT2D eigenvalue weighted by Crippen LogP contribution is -2.50. The third-order valence-electron chi connectivity index (χ3n) is 5.55. The highest BCUT2D eigenvalue weighted by Crippen LogP contribution is 2.46. The summed E-state index contributed by atoms with van der Waals surface area (Å²) in [5, 5.41) is 0. The molecule has 0 saturated carbocycles. The number of esters is 1. The number of anilines is 1. The fraction of sp³-hybridized carbons (Fsp3) is 0.308. The molecule has 2 aromatic carbocycles. The first-order chi connectivity index (χ1) is 15.9. The van der Waals surface area contributed by atoms with Gasteiger partial charge >= 0.3 is 12.1 Å². The first-order valence-electron chi connectivity index (χ1n) is 11.0. The quantitative estimate of drug-likeness (QED) is 0.336. The van der Waals surface area contributed by atoms with E-state index in [4.69, 9.17) is 9.47 Å². The summed E-state index contributed by atoms with van der Waals surface area (Å²) in [6.07, 6.45) is 0.799. The number of carbonyl (C=O) groups is 4. The standard InChI is InChI=1S/C26H27NO6/c1-4-19(16-18-12-8-7-9-13-18)22(28)17-26(24(30)32-5-2)20-14-10-11-15-21(20)27(23(26)29)25(31)33-6-3/h7-16H,4-6,17H2,1-3H3/b19-16+. The van der Waals surface area contributed by atoms with Gasteiger partial charge in [-0.3, -0.25) is 14.4 Å². The third kappa shape index (κ3) is 4.44. The molecular formula is C26H27NO6. The number of Topliss-reactive ketones (excluding diaryl/α,β-unsaturated/α-hetero) is 1. The van der Waals surface area contributed by atoms with E-state index in [0.717, 1.165) is 10.5 Å². The van der Waals surface area contributed by atoms with Gasteiger partial charge in [-0.1, -0.05) is 55.5 Å². The van der Waals surface area contributed by atoms with Gasteiger partial charge in [-0.05, 0) is 43.5 Å². The van der Waals surface area contributed by atoms with Gasteiger partial charge < -0.3 is 9.47 Å². The van der Waals surface area contributed by atoms with E-state index in [1.54, 1.807) is 44.2 Å². The molecule has 1 heterocycles. The zero-order valence-electron chi connectivity index (χ0n) is 19.0. The van der Waals surface area contributed by atoms with Crippen LogP contribution in [-0.2, 0) is 29.3 Å². The molecule has 1 unspecified atom stereocenters. The van der Waals surface area contributed by atoms with Crippen LogP contribution in [0.1, 0.15) is 44.7 Å².